The first-order valence-electron chi connectivity index (χ1n) is 6.42. The van der Waals surface area contributed by atoms with E-state index in [1.807, 2.05) is 13.0 Å². The first kappa shape index (κ1) is 16.3. The van der Waals surface area contributed by atoms with Crippen LogP contribution in [0, 0.1) is 13.8 Å². The molecule has 3 N–H and O–H groups in total. The monoisotopic (exact) mass is 288 g/mol. The molecule has 20 heavy (non-hydrogen) atoms. The Kier molecular flexibility index (Phi) is 5.42. The summed E-state index contributed by atoms with van der Waals surface area (Å²) >= 11 is 0. The van der Waals surface area contributed by atoms with E-state index in [9.17, 15) is 18.0 Å². The van der Waals surface area contributed by atoms with Gasteiger partial charge >= 0.3 is 6.18 Å². The van der Waals surface area contributed by atoms with Crippen molar-refractivity contribution in [2.75, 3.05) is 12.3 Å². The lowest BCUT2D eigenvalue weighted by molar-refractivity contribution is -0.135. The Labute approximate surface area is 116 Å². The summed E-state index contributed by atoms with van der Waals surface area (Å²) in [5.41, 5.74) is 8.42. The topological polar surface area (TPSA) is 55.1 Å². The van der Waals surface area contributed by atoms with E-state index in [1.54, 1.807) is 13.0 Å². The maximum atomic E-state index is 11.9. The lowest BCUT2D eigenvalue weighted by Gasteiger charge is -2.10. The van der Waals surface area contributed by atoms with Crippen molar-refractivity contribution in [3.05, 3.63) is 28.8 Å². The average molecular weight is 288 g/mol. The summed E-state index contributed by atoms with van der Waals surface area (Å²) in [6.45, 7) is 3.87. The number of anilines is 1. The predicted octanol–water partition coefficient (Wildman–Crippen LogP) is 3.35. The van der Waals surface area contributed by atoms with E-state index in [0.717, 1.165) is 11.1 Å². The van der Waals surface area contributed by atoms with Crippen molar-refractivity contribution in [3.63, 3.8) is 0 Å². The van der Waals surface area contributed by atoms with Gasteiger partial charge in [-0.05, 0) is 43.9 Å². The Morgan fingerprint density at radius 2 is 1.85 bits per heavy atom. The summed E-state index contributed by atoms with van der Waals surface area (Å²) in [6.07, 6.45) is -4.64. The molecule has 3 nitrogen and oxygen atoms in total. The highest BCUT2D eigenvalue weighted by Gasteiger charge is 2.25. The highest BCUT2D eigenvalue weighted by Crippen LogP contribution is 2.22. The van der Waals surface area contributed by atoms with Crippen molar-refractivity contribution in [2.45, 2.75) is 39.3 Å². The SMILES string of the molecule is Cc1cc(C)c(C(=O)NCCCCC(F)(F)F)cc1N. The lowest BCUT2D eigenvalue weighted by atomic mass is 10.0. The van der Waals surface area contributed by atoms with Crippen LogP contribution in [0.4, 0.5) is 18.9 Å². The average Bonchev–Trinajstić information content (AvgIpc) is 2.31. The molecular formula is C14H19F3N2O. The number of alkyl halides is 3. The number of nitrogen functional groups attached to an aromatic ring is 1. The van der Waals surface area contributed by atoms with Gasteiger partial charge in [-0.1, -0.05) is 6.07 Å². The fraction of sp³-hybridized carbons (Fsp3) is 0.500. The molecule has 0 aliphatic heterocycles. The van der Waals surface area contributed by atoms with Crippen LogP contribution in [-0.2, 0) is 0 Å². The highest BCUT2D eigenvalue weighted by molar-refractivity contribution is 5.96. The number of unbranched alkanes of at least 4 members (excludes halogenated alkanes) is 1. The zero-order chi connectivity index (χ0) is 15.3. The van der Waals surface area contributed by atoms with Crippen LogP contribution in [0.3, 0.4) is 0 Å². The number of hydrogen-bond donors (Lipinski definition) is 2. The van der Waals surface area contributed by atoms with Gasteiger partial charge in [0.25, 0.3) is 5.91 Å². The predicted molar refractivity (Wildman–Crippen MR) is 72.6 cm³/mol. The number of carbonyl (C=O) groups is 1. The Balaban J connectivity index is 2.46. The largest absolute Gasteiger partial charge is 0.398 e. The zero-order valence-corrected chi connectivity index (χ0v) is 11.6. The van der Waals surface area contributed by atoms with Crippen molar-refractivity contribution >= 4 is 11.6 Å². The molecular weight excluding hydrogens is 269 g/mol. The maximum absolute atomic E-state index is 11.9. The maximum Gasteiger partial charge on any atom is 0.389 e. The van der Waals surface area contributed by atoms with Crippen molar-refractivity contribution in [1.82, 2.24) is 5.32 Å². The second-order valence-electron chi connectivity index (χ2n) is 4.85. The van der Waals surface area contributed by atoms with Gasteiger partial charge in [-0.3, -0.25) is 4.79 Å². The van der Waals surface area contributed by atoms with E-state index in [0.29, 0.717) is 17.7 Å². The Morgan fingerprint density at radius 3 is 2.45 bits per heavy atom. The number of amides is 1. The summed E-state index contributed by atoms with van der Waals surface area (Å²) in [5, 5.41) is 2.61. The number of hydrogen-bond acceptors (Lipinski definition) is 2. The summed E-state index contributed by atoms with van der Waals surface area (Å²) in [6, 6.07) is 3.41. The molecule has 112 valence electrons. The lowest BCUT2D eigenvalue weighted by Crippen LogP contribution is -2.25. The van der Waals surface area contributed by atoms with Gasteiger partial charge in [-0.25, -0.2) is 0 Å². The fourth-order valence-corrected chi connectivity index (χ4v) is 1.86. The molecule has 1 amide bonds. The molecule has 0 saturated carbocycles. The molecule has 0 saturated heterocycles. The van der Waals surface area contributed by atoms with Crippen molar-refractivity contribution in [2.24, 2.45) is 0 Å². The number of aryl methyl sites for hydroxylation is 2. The molecule has 0 aliphatic carbocycles. The fourth-order valence-electron chi connectivity index (χ4n) is 1.86. The molecule has 0 aliphatic rings. The smallest absolute Gasteiger partial charge is 0.389 e. The van der Waals surface area contributed by atoms with Gasteiger partial charge in [0.15, 0.2) is 0 Å². The van der Waals surface area contributed by atoms with Gasteiger partial charge < -0.3 is 11.1 Å². The Hall–Kier alpha value is -1.72. The minimum Gasteiger partial charge on any atom is -0.398 e. The molecule has 1 aromatic rings. The molecule has 0 fully saturated rings. The van der Waals surface area contributed by atoms with Gasteiger partial charge in [-0.15, -0.1) is 0 Å². The Bertz CT molecular complexity index is 484. The molecule has 0 spiro atoms. The number of nitrogens with two attached hydrogens (primary N) is 1. The van der Waals surface area contributed by atoms with Gasteiger partial charge in [-0.2, -0.15) is 13.2 Å². The Morgan fingerprint density at radius 1 is 1.20 bits per heavy atom. The van der Waals surface area contributed by atoms with Crippen LogP contribution < -0.4 is 11.1 Å². The second-order valence-corrected chi connectivity index (χ2v) is 4.85. The van der Waals surface area contributed by atoms with Gasteiger partial charge in [0.2, 0.25) is 0 Å². The van der Waals surface area contributed by atoms with Gasteiger partial charge in [0, 0.05) is 24.2 Å². The number of rotatable bonds is 5. The third kappa shape index (κ3) is 5.11. The number of carbonyl (C=O) groups excluding carboxylic acids is 1. The third-order valence-electron chi connectivity index (χ3n) is 3.03. The van der Waals surface area contributed by atoms with Crippen LogP contribution in [-0.4, -0.2) is 18.6 Å². The van der Waals surface area contributed by atoms with Gasteiger partial charge in [0.05, 0.1) is 0 Å². The van der Waals surface area contributed by atoms with Crippen LogP contribution >= 0.6 is 0 Å². The molecule has 1 aromatic carbocycles. The minimum atomic E-state index is -4.13. The quantitative estimate of drug-likeness (QED) is 0.645. The van der Waals surface area contributed by atoms with E-state index < -0.39 is 12.6 Å². The molecule has 0 bridgehead atoms. The second kappa shape index (κ2) is 6.63. The minimum absolute atomic E-state index is 0.0127. The first-order valence-corrected chi connectivity index (χ1v) is 6.42. The molecule has 0 heterocycles. The van der Waals surface area contributed by atoms with Crippen LogP contribution in [0.2, 0.25) is 0 Å². The molecule has 6 heteroatoms. The standard InChI is InChI=1S/C14H19F3N2O/c1-9-7-10(2)12(18)8-11(9)13(20)19-6-4-3-5-14(15,16)17/h7-8H,3-6,18H2,1-2H3,(H,19,20). The molecule has 0 radical (unpaired) electrons. The van der Waals surface area contributed by atoms with E-state index in [4.69, 9.17) is 5.73 Å². The first-order chi connectivity index (χ1) is 9.20. The molecule has 0 aromatic heterocycles. The summed E-state index contributed by atoms with van der Waals surface area (Å²) < 4.78 is 35.8. The summed E-state index contributed by atoms with van der Waals surface area (Å²) in [5.74, 6) is -0.304. The normalized spacial score (nSPS) is 11.4. The van der Waals surface area contributed by atoms with Crippen LogP contribution in [0.5, 0.6) is 0 Å². The van der Waals surface area contributed by atoms with E-state index >= 15 is 0 Å². The third-order valence-corrected chi connectivity index (χ3v) is 3.03. The summed E-state index contributed by atoms with van der Waals surface area (Å²) in [7, 11) is 0. The van der Waals surface area contributed by atoms with Crippen LogP contribution in [0.25, 0.3) is 0 Å². The van der Waals surface area contributed by atoms with Gasteiger partial charge in [0.1, 0.15) is 0 Å². The number of nitrogens with one attached hydrogen (secondary N) is 1. The van der Waals surface area contributed by atoms with Crippen molar-refractivity contribution in [1.29, 1.82) is 0 Å². The van der Waals surface area contributed by atoms with E-state index in [2.05, 4.69) is 5.32 Å². The zero-order valence-electron chi connectivity index (χ0n) is 11.6. The van der Waals surface area contributed by atoms with Crippen LogP contribution in [0.1, 0.15) is 40.7 Å². The molecule has 0 unspecified atom stereocenters. The van der Waals surface area contributed by atoms with E-state index in [1.165, 1.54) is 0 Å². The summed E-state index contributed by atoms with van der Waals surface area (Å²) in [4.78, 5) is 11.9. The number of halogens is 3. The highest BCUT2D eigenvalue weighted by atomic mass is 19.4. The number of benzene rings is 1. The molecule has 0 atom stereocenters. The van der Waals surface area contributed by atoms with Crippen LogP contribution in [0.15, 0.2) is 12.1 Å². The molecule has 1 rings (SSSR count). The van der Waals surface area contributed by atoms with E-state index in [-0.39, 0.29) is 18.9 Å². The van der Waals surface area contributed by atoms with Crippen molar-refractivity contribution in [3.8, 4) is 0 Å². The van der Waals surface area contributed by atoms with Crippen molar-refractivity contribution < 1.29 is 18.0 Å².